The van der Waals surface area contributed by atoms with Gasteiger partial charge in [-0.1, -0.05) is 0 Å². The first-order valence-electron chi connectivity index (χ1n) is 4.41. The Morgan fingerprint density at radius 1 is 1.29 bits per heavy atom. The molecule has 0 spiro atoms. The van der Waals surface area contributed by atoms with Crippen molar-refractivity contribution in [1.82, 2.24) is 14.5 Å². The predicted octanol–water partition coefficient (Wildman–Crippen LogP) is 1.47. The number of hydrogen-bond donors (Lipinski definition) is 1. The normalized spacial score (nSPS) is 10.4. The molecule has 14 heavy (non-hydrogen) atoms. The zero-order chi connectivity index (χ0) is 10.1. The Kier molecular flexibility index (Phi) is 1.96. The number of rotatable bonds is 1. The van der Waals surface area contributed by atoms with Crippen LogP contribution in [0.25, 0.3) is 5.82 Å². The second kappa shape index (κ2) is 3.14. The Morgan fingerprint density at radius 2 is 2.07 bits per heavy atom. The largest absolute Gasteiger partial charge is 0.396 e. The van der Waals surface area contributed by atoms with Crippen molar-refractivity contribution < 1.29 is 0 Å². The molecule has 0 amide bonds. The monoisotopic (exact) mass is 188 g/mol. The third-order valence-corrected chi connectivity index (χ3v) is 2.09. The number of pyridine rings is 1. The first kappa shape index (κ1) is 8.74. The number of nitrogens with two attached hydrogens (primary N) is 1. The summed E-state index contributed by atoms with van der Waals surface area (Å²) in [7, 11) is 0. The lowest BCUT2D eigenvalue weighted by atomic mass is 10.3. The van der Waals surface area contributed by atoms with Crippen molar-refractivity contribution in [2.24, 2.45) is 0 Å². The van der Waals surface area contributed by atoms with Crippen molar-refractivity contribution in [2.45, 2.75) is 13.8 Å². The van der Waals surface area contributed by atoms with Gasteiger partial charge in [-0.15, -0.1) is 0 Å². The first-order valence-corrected chi connectivity index (χ1v) is 4.41. The first-order chi connectivity index (χ1) is 6.68. The van der Waals surface area contributed by atoms with Crippen LogP contribution in [0.1, 0.15) is 11.4 Å². The Hall–Kier alpha value is -1.84. The molecule has 4 heteroatoms. The van der Waals surface area contributed by atoms with E-state index in [2.05, 4.69) is 9.97 Å². The molecule has 0 aliphatic heterocycles. The van der Waals surface area contributed by atoms with Gasteiger partial charge in [-0.05, 0) is 25.5 Å². The van der Waals surface area contributed by atoms with E-state index in [0.717, 1.165) is 17.2 Å². The van der Waals surface area contributed by atoms with E-state index in [0.29, 0.717) is 5.69 Å². The molecule has 0 unspecified atom stereocenters. The summed E-state index contributed by atoms with van der Waals surface area (Å²) in [5.41, 5.74) is 7.60. The highest BCUT2D eigenvalue weighted by Gasteiger charge is 2.05. The quantitative estimate of drug-likeness (QED) is 0.737. The van der Waals surface area contributed by atoms with Gasteiger partial charge in [0.05, 0.1) is 5.69 Å². The molecule has 0 saturated heterocycles. The molecular formula is C10H12N4. The highest BCUT2D eigenvalue weighted by molar-refractivity contribution is 5.54. The van der Waals surface area contributed by atoms with Crippen LogP contribution < -0.4 is 5.73 Å². The number of aryl methyl sites for hydroxylation is 2. The maximum absolute atomic E-state index is 5.87. The molecule has 2 heterocycles. The maximum atomic E-state index is 5.87. The van der Waals surface area contributed by atoms with E-state index >= 15 is 0 Å². The van der Waals surface area contributed by atoms with E-state index in [1.165, 1.54) is 0 Å². The summed E-state index contributed by atoms with van der Waals surface area (Å²) in [4.78, 5) is 8.40. The van der Waals surface area contributed by atoms with E-state index in [1.807, 2.05) is 30.7 Å². The van der Waals surface area contributed by atoms with Gasteiger partial charge in [-0.3, -0.25) is 4.57 Å². The van der Waals surface area contributed by atoms with Gasteiger partial charge < -0.3 is 5.73 Å². The third-order valence-electron chi connectivity index (χ3n) is 2.09. The van der Waals surface area contributed by atoms with Gasteiger partial charge in [-0.2, -0.15) is 0 Å². The molecule has 2 aromatic rings. The summed E-state index contributed by atoms with van der Waals surface area (Å²) in [6.07, 6.45) is 5.38. The Labute approximate surface area is 82.4 Å². The summed E-state index contributed by atoms with van der Waals surface area (Å²) in [6.45, 7) is 3.88. The molecule has 2 N–H and O–H groups in total. The fraction of sp³-hybridized carbons (Fsp3) is 0.200. The van der Waals surface area contributed by atoms with Gasteiger partial charge in [0.2, 0.25) is 0 Å². The van der Waals surface area contributed by atoms with Gasteiger partial charge in [0, 0.05) is 18.6 Å². The minimum absolute atomic E-state index is 0.672. The Balaban J connectivity index is 2.58. The number of nitrogen functional groups attached to an aromatic ring is 1. The highest BCUT2D eigenvalue weighted by Crippen LogP contribution is 2.16. The van der Waals surface area contributed by atoms with Crippen LogP contribution in [0, 0.1) is 13.8 Å². The summed E-state index contributed by atoms with van der Waals surface area (Å²) in [5, 5.41) is 0. The van der Waals surface area contributed by atoms with Gasteiger partial charge in [0.1, 0.15) is 5.82 Å². The standard InChI is InChI=1S/C10H12N4/c1-7-5-9(11)10(13-6-7)14-4-3-12-8(14)2/h3-6H,11H2,1-2H3. The van der Waals surface area contributed by atoms with Crippen molar-refractivity contribution in [3.05, 3.63) is 36.0 Å². The molecule has 0 aliphatic carbocycles. The van der Waals surface area contributed by atoms with Crippen LogP contribution in [-0.2, 0) is 0 Å². The zero-order valence-electron chi connectivity index (χ0n) is 8.23. The summed E-state index contributed by atoms with van der Waals surface area (Å²) in [5.74, 6) is 1.62. The molecule has 2 aromatic heterocycles. The lowest BCUT2D eigenvalue weighted by molar-refractivity contribution is 0.933. The van der Waals surface area contributed by atoms with Crippen molar-refractivity contribution in [3.8, 4) is 5.82 Å². The van der Waals surface area contributed by atoms with Gasteiger partial charge in [0.15, 0.2) is 5.82 Å². The highest BCUT2D eigenvalue weighted by atomic mass is 15.1. The second-order valence-electron chi connectivity index (χ2n) is 3.27. The van der Waals surface area contributed by atoms with Crippen molar-refractivity contribution in [2.75, 3.05) is 5.73 Å². The van der Waals surface area contributed by atoms with Crippen LogP contribution in [0.2, 0.25) is 0 Å². The van der Waals surface area contributed by atoms with E-state index in [9.17, 15) is 0 Å². The number of hydrogen-bond acceptors (Lipinski definition) is 3. The number of anilines is 1. The molecule has 2 rings (SSSR count). The lowest BCUT2D eigenvalue weighted by Gasteiger charge is -2.07. The molecule has 0 saturated carbocycles. The van der Waals surface area contributed by atoms with Crippen LogP contribution in [0.3, 0.4) is 0 Å². The molecule has 0 aromatic carbocycles. The van der Waals surface area contributed by atoms with E-state index in [1.54, 1.807) is 12.4 Å². The Morgan fingerprint density at radius 3 is 2.64 bits per heavy atom. The molecule has 72 valence electrons. The smallest absolute Gasteiger partial charge is 0.161 e. The van der Waals surface area contributed by atoms with Gasteiger partial charge >= 0.3 is 0 Å². The maximum Gasteiger partial charge on any atom is 0.161 e. The fourth-order valence-electron chi connectivity index (χ4n) is 1.39. The van der Waals surface area contributed by atoms with E-state index < -0.39 is 0 Å². The molecule has 0 bridgehead atoms. The molecular weight excluding hydrogens is 176 g/mol. The lowest BCUT2D eigenvalue weighted by Crippen LogP contribution is -2.03. The van der Waals surface area contributed by atoms with Crippen molar-refractivity contribution in [3.63, 3.8) is 0 Å². The van der Waals surface area contributed by atoms with E-state index in [4.69, 9.17) is 5.73 Å². The number of aromatic nitrogens is 3. The Bertz CT molecular complexity index is 459. The SMILES string of the molecule is Cc1cnc(-n2ccnc2C)c(N)c1. The minimum atomic E-state index is 0.672. The van der Waals surface area contributed by atoms with Crippen LogP contribution in [-0.4, -0.2) is 14.5 Å². The molecule has 0 radical (unpaired) electrons. The fourth-order valence-corrected chi connectivity index (χ4v) is 1.39. The number of nitrogens with zero attached hydrogens (tertiary/aromatic N) is 3. The third kappa shape index (κ3) is 1.35. The van der Waals surface area contributed by atoms with Gasteiger partial charge in [-0.25, -0.2) is 9.97 Å². The van der Waals surface area contributed by atoms with Crippen molar-refractivity contribution in [1.29, 1.82) is 0 Å². The van der Waals surface area contributed by atoms with Crippen LogP contribution in [0.5, 0.6) is 0 Å². The van der Waals surface area contributed by atoms with Crippen LogP contribution in [0.15, 0.2) is 24.7 Å². The summed E-state index contributed by atoms with van der Waals surface area (Å²) >= 11 is 0. The summed E-state index contributed by atoms with van der Waals surface area (Å²) < 4.78 is 1.87. The van der Waals surface area contributed by atoms with Crippen LogP contribution >= 0.6 is 0 Å². The molecule has 0 fully saturated rings. The predicted molar refractivity (Wildman–Crippen MR) is 55.2 cm³/mol. The minimum Gasteiger partial charge on any atom is -0.396 e. The second-order valence-corrected chi connectivity index (χ2v) is 3.27. The topological polar surface area (TPSA) is 56.7 Å². The molecule has 0 aliphatic rings. The molecule has 4 nitrogen and oxygen atoms in total. The van der Waals surface area contributed by atoms with Gasteiger partial charge in [0.25, 0.3) is 0 Å². The number of imidazole rings is 1. The molecule has 0 atom stereocenters. The zero-order valence-corrected chi connectivity index (χ0v) is 8.23. The van der Waals surface area contributed by atoms with Crippen molar-refractivity contribution >= 4 is 5.69 Å². The average molecular weight is 188 g/mol. The summed E-state index contributed by atoms with van der Waals surface area (Å²) in [6, 6.07) is 1.90. The van der Waals surface area contributed by atoms with E-state index in [-0.39, 0.29) is 0 Å². The average Bonchev–Trinajstić information content (AvgIpc) is 2.52. The van der Waals surface area contributed by atoms with Crippen LogP contribution in [0.4, 0.5) is 5.69 Å².